The van der Waals surface area contributed by atoms with E-state index < -0.39 is 0 Å². The van der Waals surface area contributed by atoms with Gasteiger partial charge in [-0.15, -0.1) is 0 Å². The molecule has 1 aliphatic heterocycles. The molecular weight excluding hydrogens is 374 g/mol. The Kier molecular flexibility index (Phi) is 5.88. The molecule has 1 aromatic carbocycles. The number of amides is 1. The average molecular weight is 398 g/mol. The molecule has 2 aromatic heterocycles. The lowest BCUT2D eigenvalue weighted by Crippen LogP contribution is -2.36. The van der Waals surface area contributed by atoms with E-state index in [-0.39, 0.29) is 5.91 Å². The number of likely N-dealkylation sites (tertiary alicyclic amines) is 1. The maximum atomic E-state index is 12.3. The number of hydrogen-bond acceptors (Lipinski definition) is 4. The van der Waals surface area contributed by atoms with Gasteiger partial charge in [0.1, 0.15) is 5.82 Å². The molecule has 0 aliphatic carbocycles. The van der Waals surface area contributed by atoms with E-state index in [1.165, 1.54) is 0 Å². The van der Waals surface area contributed by atoms with Crippen LogP contribution in [0.3, 0.4) is 0 Å². The summed E-state index contributed by atoms with van der Waals surface area (Å²) in [7, 11) is 0. The topological polar surface area (TPSA) is 73.9 Å². The fraction of sp³-hybridized carbons (Fsp3) is 0.381. The van der Waals surface area contributed by atoms with Gasteiger partial charge in [0.15, 0.2) is 0 Å². The predicted molar refractivity (Wildman–Crippen MR) is 110 cm³/mol. The Morgan fingerprint density at radius 3 is 3.07 bits per heavy atom. The van der Waals surface area contributed by atoms with Gasteiger partial charge in [0.2, 0.25) is 5.91 Å². The highest BCUT2D eigenvalue weighted by Gasteiger charge is 2.30. The van der Waals surface area contributed by atoms with Gasteiger partial charge in [0.05, 0.1) is 16.7 Å². The normalized spacial score (nSPS) is 17.0. The monoisotopic (exact) mass is 397 g/mol. The van der Waals surface area contributed by atoms with E-state index in [4.69, 9.17) is 11.6 Å². The van der Waals surface area contributed by atoms with Gasteiger partial charge in [-0.2, -0.15) is 0 Å². The maximum absolute atomic E-state index is 12.3. The molecule has 0 radical (unpaired) electrons. The first-order valence-electron chi connectivity index (χ1n) is 9.73. The summed E-state index contributed by atoms with van der Waals surface area (Å²) >= 11 is 6.04. The van der Waals surface area contributed by atoms with Gasteiger partial charge in [0.25, 0.3) is 0 Å². The minimum Gasteiger partial charge on any atom is -0.342 e. The molecular formula is C21H24ClN5O. The molecule has 2 N–H and O–H groups in total. The molecule has 0 spiro atoms. The van der Waals surface area contributed by atoms with E-state index in [1.54, 1.807) is 6.20 Å². The average Bonchev–Trinajstić information content (AvgIpc) is 3.27. The van der Waals surface area contributed by atoms with Crippen molar-refractivity contribution in [2.75, 3.05) is 13.1 Å². The summed E-state index contributed by atoms with van der Waals surface area (Å²) in [5, 5.41) is 4.12. The van der Waals surface area contributed by atoms with Gasteiger partial charge < -0.3 is 15.2 Å². The lowest BCUT2D eigenvalue weighted by molar-refractivity contribution is -0.129. The molecule has 28 heavy (non-hydrogen) atoms. The molecule has 7 heteroatoms. The summed E-state index contributed by atoms with van der Waals surface area (Å²) in [6.45, 7) is 2.31. The molecule has 0 bridgehead atoms. The van der Waals surface area contributed by atoms with Crippen LogP contribution in [0, 0.1) is 0 Å². The Labute approximate surface area is 169 Å². The minimum absolute atomic E-state index is 0.244. The second-order valence-corrected chi connectivity index (χ2v) is 7.60. The predicted octanol–water partition coefficient (Wildman–Crippen LogP) is 3.32. The summed E-state index contributed by atoms with van der Waals surface area (Å²) < 4.78 is 0. The number of aromatic amines is 1. The van der Waals surface area contributed by atoms with Gasteiger partial charge in [-0.3, -0.25) is 9.78 Å². The number of carbonyl (C=O) groups excluding carboxylic acids is 1. The quantitative estimate of drug-likeness (QED) is 0.572. The highest BCUT2D eigenvalue weighted by molar-refractivity contribution is 6.31. The molecule has 146 valence electrons. The summed E-state index contributed by atoms with van der Waals surface area (Å²) in [5.41, 5.74) is 2.87. The SMILES string of the molecule is O=C1CCC(CCNCc2ccccn2)N1CCc1nc2ccc(Cl)cc2[nH]1. The summed E-state index contributed by atoms with van der Waals surface area (Å²) in [6.07, 6.45) is 5.05. The summed E-state index contributed by atoms with van der Waals surface area (Å²) in [6, 6.07) is 11.8. The number of aromatic nitrogens is 3. The highest BCUT2D eigenvalue weighted by Crippen LogP contribution is 2.22. The fourth-order valence-electron chi connectivity index (χ4n) is 3.77. The van der Waals surface area contributed by atoms with Gasteiger partial charge in [-0.25, -0.2) is 4.98 Å². The molecule has 3 aromatic rings. The third-order valence-electron chi connectivity index (χ3n) is 5.22. The van der Waals surface area contributed by atoms with Crippen LogP contribution in [0.4, 0.5) is 0 Å². The number of H-pyrrole nitrogens is 1. The fourth-order valence-corrected chi connectivity index (χ4v) is 3.94. The smallest absolute Gasteiger partial charge is 0.222 e. The van der Waals surface area contributed by atoms with Crippen LogP contribution in [0.5, 0.6) is 0 Å². The molecule has 1 aliphatic rings. The van der Waals surface area contributed by atoms with Crippen molar-refractivity contribution in [2.45, 2.75) is 38.3 Å². The van der Waals surface area contributed by atoms with Crippen LogP contribution in [-0.2, 0) is 17.8 Å². The van der Waals surface area contributed by atoms with Crippen molar-refractivity contribution in [3.8, 4) is 0 Å². The second-order valence-electron chi connectivity index (χ2n) is 7.16. The summed E-state index contributed by atoms with van der Waals surface area (Å²) in [4.78, 5) is 26.6. The van der Waals surface area contributed by atoms with Gasteiger partial charge >= 0.3 is 0 Å². The zero-order chi connectivity index (χ0) is 19.3. The Morgan fingerprint density at radius 1 is 1.29 bits per heavy atom. The number of rotatable bonds is 8. The molecule has 1 fully saturated rings. The minimum atomic E-state index is 0.244. The van der Waals surface area contributed by atoms with E-state index in [1.807, 2.05) is 41.3 Å². The van der Waals surface area contributed by atoms with Crippen LogP contribution in [0.1, 0.15) is 30.8 Å². The Balaban J connectivity index is 1.28. The van der Waals surface area contributed by atoms with Crippen molar-refractivity contribution in [1.29, 1.82) is 0 Å². The van der Waals surface area contributed by atoms with Crippen molar-refractivity contribution in [2.24, 2.45) is 0 Å². The molecule has 1 amide bonds. The van der Waals surface area contributed by atoms with Crippen LogP contribution in [-0.4, -0.2) is 44.9 Å². The van der Waals surface area contributed by atoms with Crippen LogP contribution >= 0.6 is 11.6 Å². The first-order chi connectivity index (χ1) is 13.7. The van der Waals surface area contributed by atoms with E-state index >= 15 is 0 Å². The standard InChI is InChI=1S/C21H24ClN5O/c22-15-4-6-18-19(13-15)26-20(25-18)9-12-27-17(5-7-21(27)28)8-11-23-14-16-3-1-2-10-24-16/h1-4,6,10,13,17,23H,5,7-9,11-12,14H2,(H,25,26). The van der Waals surface area contributed by atoms with Crippen LogP contribution in [0.2, 0.25) is 5.02 Å². The zero-order valence-corrected chi connectivity index (χ0v) is 16.5. The number of imidazole rings is 1. The van der Waals surface area contributed by atoms with Crippen LogP contribution in [0.25, 0.3) is 11.0 Å². The lowest BCUT2D eigenvalue weighted by atomic mass is 10.1. The molecule has 4 rings (SSSR count). The number of hydrogen-bond donors (Lipinski definition) is 2. The van der Waals surface area contributed by atoms with Crippen molar-refractivity contribution < 1.29 is 4.79 Å². The number of benzene rings is 1. The van der Waals surface area contributed by atoms with E-state index in [0.29, 0.717) is 24.0 Å². The van der Waals surface area contributed by atoms with E-state index in [9.17, 15) is 4.79 Å². The molecule has 6 nitrogen and oxygen atoms in total. The number of carbonyl (C=O) groups is 1. The Morgan fingerprint density at radius 2 is 2.21 bits per heavy atom. The maximum Gasteiger partial charge on any atom is 0.222 e. The molecule has 1 saturated heterocycles. The van der Waals surface area contributed by atoms with Crippen molar-refractivity contribution in [3.05, 3.63) is 59.1 Å². The Bertz CT molecular complexity index is 942. The lowest BCUT2D eigenvalue weighted by Gasteiger charge is -2.24. The molecule has 0 saturated carbocycles. The third kappa shape index (κ3) is 4.51. The molecule has 3 heterocycles. The first kappa shape index (κ1) is 18.9. The Hall–Kier alpha value is -2.44. The van der Waals surface area contributed by atoms with Gasteiger partial charge in [0, 0.05) is 43.2 Å². The van der Waals surface area contributed by atoms with Crippen LogP contribution in [0.15, 0.2) is 42.6 Å². The zero-order valence-electron chi connectivity index (χ0n) is 15.7. The molecule has 1 atom stereocenters. The largest absolute Gasteiger partial charge is 0.342 e. The number of pyridine rings is 1. The first-order valence-corrected chi connectivity index (χ1v) is 10.1. The van der Waals surface area contributed by atoms with Crippen molar-refractivity contribution >= 4 is 28.5 Å². The number of nitrogens with zero attached hydrogens (tertiary/aromatic N) is 3. The van der Waals surface area contributed by atoms with E-state index in [0.717, 1.165) is 54.9 Å². The van der Waals surface area contributed by atoms with E-state index in [2.05, 4.69) is 20.3 Å². The van der Waals surface area contributed by atoms with Crippen molar-refractivity contribution in [1.82, 2.24) is 25.2 Å². The number of fused-ring (bicyclic) bond motifs is 1. The molecule has 1 unspecified atom stereocenters. The van der Waals surface area contributed by atoms with Gasteiger partial charge in [-0.05, 0) is 49.7 Å². The highest BCUT2D eigenvalue weighted by atomic mass is 35.5. The van der Waals surface area contributed by atoms with Crippen molar-refractivity contribution in [3.63, 3.8) is 0 Å². The third-order valence-corrected chi connectivity index (χ3v) is 5.46. The number of nitrogens with one attached hydrogen (secondary N) is 2. The number of halogens is 1. The second kappa shape index (κ2) is 8.71. The van der Waals surface area contributed by atoms with Crippen LogP contribution < -0.4 is 5.32 Å². The summed E-state index contributed by atoms with van der Waals surface area (Å²) in [5.74, 6) is 1.14. The van der Waals surface area contributed by atoms with Gasteiger partial charge in [-0.1, -0.05) is 17.7 Å².